The van der Waals surface area contributed by atoms with E-state index in [1.807, 2.05) is 0 Å². The number of alkyl halides is 1. The van der Waals surface area contributed by atoms with Gasteiger partial charge in [0.1, 0.15) is 10.7 Å². The summed E-state index contributed by atoms with van der Waals surface area (Å²) in [5.41, 5.74) is 0. The first-order chi connectivity index (χ1) is 9.46. The van der Waals surface area contributed by atoms with Gasteiger partial charge in [0.2, 0.25) is 10.0 Å². The van der Waals surface area contributed by atoms with Gasteiger partial charge in [-0.05, 0) is 43.9 Å². The van der Waals surface area contributed by atoms with E-state index in [-0.39, 0.29) is 10.9 Å². The number of hydrogen-bond acceptors (Lipinski definition) is 2. The molecule has 0 bridgehead atoms. The minimum atomic E-state index is -3.74. The number of rotatable bonds is 5. The van der Waals surface area contributed by atoms with E-state index in [9.17, 15) is 12.8 Å². The second kappa shape index (κ2) is 6.85. The highest BCUT2D eigenvalue weighted by Gasteiger charge is 2.36. The number of benzene rings is 1. The highest BCUT2D eigenvalue weighted by atomic mass is 79.9. The van der Waals surface area contributed by atoms with E-state index in [4.69, 9.17) is 0 Å². The minimum absolute atomic E-state index is 0.0133. The summed E-state index contributed by atoms with van der Waals surface area (Å²) in [7, 11) is -3.74. The van der Waals surface area contributed by atoms with Crippen molar-refractivity contribution in [1.82, 2.24) is 4.31 Å². The Morgan fingerprint density at radius 3 is 2.80 bits per heavy atom. The Hall–Kier alpha value is 0.0200. The van der Waals surface area contributed by atoms with Crippen LogP contribution in [-0.2, 0) is 10.0 Å². The van der Waals surface area contributed by atoms with Crippen LogP contribution < -0.4 is 0 Å². The van der Waals surface area contributed by atoms with Gasteiger partial charge in [-0.25, -0.2) is 12.8 Å². The maximum Gasteiger partial charge on any atom is 0.246 e. The Labute approximate surface area is 135 Å². The molecule has 1 unspecified atom stereocenters. The van der Waals surface area contributed by atoms with Crippen molar-refractivity contribution in [3.63, 3.8) is 0 Å². The zero-order valence-electron chi connectivity index (χ0n) is 10.9. The second-order valence-electron chi connectivity index (χ2n) is 4.82. The molecular formula is C13H16Br2FNO2S. The number of halogens is 3. The molecule has 0 N–H and O–H groups in total. The van der Waals surface area contributed by atoms with Gasteiger partial charge in [-0.15, -0.1) is 0 Å². The molecule has 1 aromatic rings. The molecule has 1 fully saturated rings. The largest absolute Gasteiger partial charge is 0.246 e. The molecule has 0 spiro atoms. The lowest BCUT2D eigenvalue weighted by Gasteiger charge is -2.24. The smallest absolute Gasteiger partial charge is 0.207 e. The van der Waals surface area contributed by atoms with Crippen LogP contribution in [0.2, 0.25) is 0 Å². The molecule has 1 aliphatic heterocycles. The molecule has 1 saturated heterocycles. The number of nitrogens with zero attached hydrogens (tertiary/aromatic N) is 1. The second-order valence-corrected chi connectivity index (χ2v) is 8.39. The summed E-state index contributed by atoms with van der Waals surface area (Å²) in [6.45, 7) is 0.477. The summed E-state index contributed by atoms with van der Waals surface area (Å²) in [6, 6.07) is 4.06. The number of hydrogen-bond donors (Lipinski definition) is 0. The lowest BCUT2D eigenvalue weighted by molar-refractivity contribution is 0.367. The van der Waals surface area contributed by atoms with E-state index in [2.05, 4.69) is 31.9 Å². The average molecular weight is 429 g/mol. The van der Waals surface area contributed by atoms with Crippen LogP contribution in [-0.4, -0.2) is 30.6 Å². The lowest BCUT2D eigenvalue weighted by Crippen LogP contribution is -2.36. The van der Waals surface area contributed by atoms with Crippen LogP contribution in [0.4, 0.5) is 4.39 Å². The highest BCUT2D eigenvalue weighted by molar-refractivity contribution is 9.10. The normalized spacial score (nSPS) is 20.4. The fraction of sp³-hybridized carbons (Fsp3) is 0.538. The molecule has 0 aliphatic carbocycles. The van der Waals surface area contributed by atoms with Gasteiger partial charge in [-0.2, -0.15) is 4.31 Å². The van der Waals surface area contributed by atoms with Gasteiger partial charge in [0.25, 0.3) is 0 Å². The summed E-state index contributed by atoms with van der Waals surface area (Å²) in [5, 5.41) is 0.851. The third kappa shape index (κ3) is 3.43. The Morgan fingerprint density at radius 2 is 2.15 bits per heavy atom. The molecule has 0 aromatic heterocycles. The topological polar surface area (TPSA) is 37.4 Å². The highest BCUT2D eigenvalue weighted by Crippen LogP contribution is 2.30. The molecule has 1 aromatic carbocycles. The van der Waals surface area contributed by atoms with Crippen LogP contribution >= 0.6 is 31.9 Å². The van der Waals surface area contributed by atoms with Gasteiger partial charge >= 0.3 is 0 Å². The van der Waals surface area contributed by atoms with Gasteiger partial charge in [0, 0.05) is 22.4 Å². The summed E-state index contributed by atoms with van der Waals surface area (Å²) in [4.78, 5) is -0.230. The first-order valence-corrected chi connectivity index (χ1v) is 9.85. The van der Waals surface area contributed by atoms with Crippen molar-refractivity contribution in [2.75, 3.05) is 11.9 Å². The molecule has 1 aliphatic rings. The van der Waals surface area contributed by atoms with E-state index in [0.29, 0.717) is 11.0 Å². The maximum atomic E-state index is 13.9. The van der Waals surface area contributed by atoms with Crippen LogP contribution in [0.3, 0.4) is 0 Å². The van der Waals surface area contributed by atoms with E-state index in [1.165, 1.54) is 16.4 Å². The van der Waals surface area contributed by atoms with Crippen molar-refractivity contribution < 1.29 is 12.8 Å². The van der Waals surface area contributed by atoms with Crippen LogP contribution in [0.5, 0.6) is 0 Å². The lowest BCUT2D eigenvalue weighted by atomic mass is 10.1. The molecule has 3 nitrogen and oxygen atoms in total. The molecule has 0 saturated carbocycles. The van der Waals surface area contributed by atoms with E-state index < -0.39 is 15.8 Å². The Kier molecular flexibility index (Phi) is 5.62. The van der Waals surface area contributed by atoms with Crippen LogP contribution in [0.15, 0.2) is 27.6 Å². The van der Waals surface area contributed by atoms with Crippen molar-refractivity contribution in [2.24, 2.45) is 0 Å². The minimum Gasteiger partial charge on any atom is -0.207 e. The molecule has 1 heterocycles. The predicted octanol–water partition coefficient (Wildman–Crippen LogP) is 3.92. The summed E-state index contributed by atoms with van der Waals surface area (Å²) in [6.07, 6.45) is 3.41. The van der Waals surface area contributed by atoms with Gasteiger partial charge in [-0.1, -0.05) is 31.9 Å². The Balaban J connectivity index is 2.29. The molecule has 112 valence electrons. The zero-order valence-corrected chi connectivity index (χ0v) is 14.8. The zero-order chi connectivity index (χ0) is 14.8. The summed E-state index contributed by atoms with van der Waals surface area (Å²) >= 11 is 6.50. The van der Waals surface area contributed by atoms with Crippen molar-refractivity contribution in [2.45, 2.75) is 36.6 Å². The molecule has 1 atom stereocenters. The molecule has 2 rings (SSSR count). The molecule has 0 radical (unpaired) electrons. The third-order valence-corrected chi connectivity index (χ3v) is 6.51. The van der Waals surface area contributed by atoms with Gasteiger partial charge < -0.3 is 0 Å². The van der Waals surface area contributed by atoms with Gasteiger partial charge in [0.05, 0.1) is 0 Å². The van der Waals surface area contributed by atoms with E-state index in [1.54, 1.807) is 6.07 Å². The van der Waals surface area contributed by atoms with Gasteiger partial charge in [0.15, 0.2) is 0 Å². The van der Waals surface area contributed by atoms with Crippen LogP contribution in [0.25, 0.3) is 0 Å². The molecule has 0 amide bonds. The Morgan fingerprint density at radius 1 is 1.40 bits per heavy atom. The summed E-state index contributed by atoms with van der Waals surface area (Å²) < 4.78 is 41.1. The molecular weight excluding hydrogens is 413 g/mol. The third-order valence-electron chi connectivity index (χ3n) is 3.47. The first-order valence-electron chi connectivity index (χ1n) is 6.49. The maximum absolute atomic E-state index is 13.9. The molecule has 20 heavy (non-hydrogen) atoms. The Bertz CT molecular complexity index is 580. The molecule has 7 heteroatoms. The first kappa shape index (κ1) is 16.4. The monoisotopic (exact) mass is 427 g/mol. The van der Waals surface area contributed by atoms with Crippen LogP contribution in [0, 0.1) is 5.82 Å². The quantitative estimate of drug-likeness (QED) is 0.666. The van der Waals surface area contributed by atoms with Crippen molar-refractivity contribution >= 4 is 41.9 Å². The van der Waals surface area contributed by atoms with E-state index in [0.717, 1.165) is 31.0 Å². The van der Waals surface area contributed by atoms with Gasteiger partial charge in [-0.3, -0.25) is 0 Å². The van der Waals surface area contributed by atoms with Crippen LogP contribution in [0.1, 0.15) is 25.7 Å². The number of sulfonamides is 1. The predicted molar refractivity (Wildman–Crippen MR) is 84.0 cm³/mol. The SMILES string of the molecule is O=S(=O)(c1ccc(Br)cc1F)N1CCCC1CCCBr. The van der Waals surface area contributed by atoms with Crippen molar-refractivity contribution in [3.05, 3.63) is 28.5 Å². The average Bonchev–Trinajstić information content (AvgIpc) is 2.84. The fourth-order valence-corrected chi connectivity index (χ4v) is 4.97. The standard InChI is InChI=1S/C13H16Br2FNO2S/c14-7-1-3-11-4-2-8-17(11)20(18,19)13-6-5-10(15)9-12(13)16/h5-6,9,11H,1-4,7-8H2. The van der Waals surface area contributed by atoms with Crippen molar-refractivity contribution in [1.29, 1.82) is 0 Å². The van der Waals surface area contributed by atoms with Crippen molar-refractivity contribution in [3.8, 4) is 0 Å². The fourth-order valence-electron chi connectivity index (χ4n) is 2.54. The summed E-state index contributed by atoms with van der Waals surface area (Å²) in [5.74, 6) is -0.703. The van der Waals surface area contributed by atoms with E-state index >= 15 is 0 Å².